The molecular formula is C25H37N5O. The number of amides is 1. The van der Waals surface area contributed by atoms with Crippen molar-refractivity contribution in [1.82, 2.24) is 24.9 Å². The molecule has 1 aliphatic carbocycles. The van der Waals surface area contributed by atoms with Crippen molar-refractivity contribution in [2.45, 2.75) is 58.4 Å². The highest BCUT2D eigenvalue weighted by molar-refractivity contribution is 5.78. The van der Waals surface area contributed by atoms with Gasteiger partial charge < -0.3 is 10.2 Å². The van der Waals surface area contributed by atoms with E-state index >= 15 is 0 Å². The number of nitrogens with zero attached hydrogens (tertiary/aromatic N) is 4. The molecule has 1 amide bonds. The largest absolute Gasteiger partial charge is 0.348 e. The van der Waals surface area contributed by atoms with Crippen molar-refractivity contribution in [2.24, 2.45) is 0 Å². The summed E-state index contributed by atoms with van der Waals surface area (Å²) in [4.78, 5) is 17.5. The van der Waals surface area contributed by atoms with Crippen LogP contribution in [0.3, 0.4) is 0 Å². The van der Waals surface area contributed by atoms with Crippen molar-refractivity contribution in [1.29, 1.82) is 0 Å². The van der Waals surface area contributed by atoms with Gasteiger partial charge in [0.1, 0.15) is 0 Å². The van der Waals surface area contributed by atoms with E-state index in [2.05, 4.69) is 71.8 Å². The van der Waals surface area contributed by atoms with Crippen LogP contribution >= 0.6 is 0 Å². The molecule has 1 fully saturated rings. The molecule has 1 N–H and O–H groups in total. The average molecular weight is 424 g/mol. The summed E-state index contributed by atoms with van der Waals surface area (Å²) in [5.74, 6) is 0.130. The standard InChI is InChI=1S/C25H37N5O/c1-5-28-13-15-29(16-14-28)18-24(31)27-22-7-6-8-23-21(22)17-26-30(23)20-11-9-19(10-12-20)25(2,3)4/h9-12,17,22H,5-8,13-16,18H2,1-4H3,(H,27,31)/t22-/m1/s1. The number of rotatable bonds is 5. The van der Waals surface area contributed by atoms with Crippen LogP contribution in [0, 0.1) is 0 Å². The lowest BCUT2D eigenvalue weighted by atomic mass is 9.87. The van der Waals surface area contributed by atoms with Crippen molar-refractivity contribution in [3.8, 4) is 5.69 Å². The van der Waals surface area contributed by atoms with E-state index in [1.54, 1.807) is 0 Å². The van der Waals surface area contributed by atoms with Gasteiger partial charge in [-0.05, 0) is 48.9 Å². The van der Waals surface area contributed by atoms with Crippen LogP contribution in [0.25, 0.3) is 5.69 Å². The molecule has 1 saturated heterocycles. The van der Waals surface area contributed by atoms with Gasteiger partial charge in [-0.3, -0.25) is 9.69 Å². The Balaban J connectivity index is 1.42. The summed E-state index contributed by atoms with van der Waals surface area (Å²) in [5.41, 5.74) is 4.96. The highest BCUT2D eigenvalue weighted by Crippen LogP contribution is 2.31. The van der Waals surface area contributed by atoms with E-state index < -0.39 is 0 Å². The van der Waals surface area contributed by atoms with Crippen LogP contribution in [-0.2, 0) is 16.6 Å². The van der Waals surface area contributed by atoms with E-state index in [9.17, 15) is 4.79 Å². The molecule has 0 bridgehead atoms. The molecule has 0 spiro atoms. The van der Waals surface area contributed by atoms with Crippen molar-refractivity contribution < 1.29 is 4.79 Å². The minimum absolute atomic E-state index is 0.0655. The van der Waals surface area contributed by atoms with Gasteiger partial charge >= 0.3 is 0 Å². The van der Waals surface area contributed by atoms with Gasteiger partial charge in [-0.2, -0.15) is 5.10 Å². The third-order valence-electron chi connectivity index (χ3n) is 6.78. The fourth-order valence-electron chi connectivity index (χ4n) is 4.74. The molecule has 2 aromatic rings. The maximum Gasteiger partial charge on any atom is 0.234 e. The first-order chi connectivity index (χ1) is 14.8. The predicted octanol–water partition coefficient (Wildman–Crippen LogP) is 3.30. The van der Waals surface area contributed by atoms with Crippen LogP contribution < -0.4 is 5.32 Å². The molecule has 2 heterocycles. The number of carbonyl (C=O) groups excluding carboxylic acids is 1. The zero-order chi connectivity index (χ0) is 22.0. The highest BCUT2D eigenvalue weighted by atomic mass is 16.2. The maximum absolute atomic E-state index is 12.8. The predicted molar refractivity (Wildman–Crippen MR) is 125 cm³/mol. The van der Waals surface area contributed by atoms with Gasteiger partial charge in [0.15, 0.2) is 0 Å². The second-order valence-corrected chi connectivity index (χ2v) is 9.98. The van der Waals surface area contributed by atoms with Crippen molar-refractivity contribution in [2.75, 3.05) is 39.3 Å². The Labute approximate surface area is 186 Å². The minimum Gasteiger partial charge on any atom is -0.348 e. The number of hydrogen-bond acceptors (Lipinski definition) is 4. The summed E-state index contributed by atoms with van der Waals surface area (Å²) in [6.07, 6.45) is 5.01. The molecular weight excluding hydrogens is 386 g/mol. The lowest BCUT2D eigenvalue weighted by molar-refractivity contribution is -0.123. The molecule has 4 rings (SSSR count). The first-order valence-corrected chi connectivity index (χ1v) is 11.8. The fourth-order valence-corrected chi connectivity index (χ4v) is 4.74. The molecule has 2 aliphatic rings. The van der Waals surface area contributed by atoms with Crippen molar-refractivity contribution >= 4 is 5.91 Å². The first-order valence-electron chi connectivity index (χ1n) is 11.8. The van der Waals surface area contributed by atoms with E-state index in [1.165, 1.54) is 16.8 Å². The molecule has 31 heavy (non-hydrogen) atoms. The van der Waals surface area contributed by atoms with Gasteiger partial charge in [-0.15, -0.1) is 0 Å². The van der Waals surface area contributed by atoms with Gasteiger partial charge in [0.05, 0.1) is 24.5 Å². The van der Waals surface area contributed by atoms with Gasteiger partial charge in [0, 0.05) is 37.4 Å². The van der Waals surface area contributed by atoms with Crippen LogP contribution in [0.2, 0.25) is 0 Å². The third kappa shape index (κ3) is 5.01. The van der Waals surface area contributed by atoms with Gasteiger partial charge in [0.2, 0.25) is 5.91 Å². The normalized spacial score (nSPS) is 20.5. The Morgan fingerprint density at radius 2 is 1.77 bits per heavy atom. The molecule has 0 unspecified atom stereocenters. The SMILES string of the molecule is CCN1CCN(CC(=O)N[C@@H]2CCCc3c2cnn3-c2ccc(C(C)(C)C)cc2)CC1. The Hall–Kier alpha value is -2.18. The Bertz CT molecular complexity index is 888. The molecule has 0 radical (unpaired) electrons. The molecule has 0 saturated carbocycles. The first kappa shape index (κ1) is 22.0. The van der Waals surface area contributed by atoms with E-state index in [-0.39, 0.29) is 17.4 Å². The highest BCUT2D eigenvalue weighted by Gasteiger charge is 2.27. The molecule has 1 aliphatic heterocycles. The van der Waals surface area contributed by atoms with E-state index in [0.29, 0.717) is 6.54 Å². The number of nitrogens with one attached hydrogen (secondary N) is 1. The summed E-state index contributed by atoms with van der Waals surface area (Å²) < 4.78 is 2.06. The molecule has 168 valence electrons. The monoisotopic (exact) mass is 423 g/mol. The average Bonchev–Trinajstić information content (AvgIpc) is 3.19. The summed E-state index contributed by atoms with van der Waals surface area (Å²) in [7, 11) is 0. The van der Waals surface area contributed by atoms with Crippen molar-refractivity contribution in [3.05, 3.63) is 47.3 Å². The van der Waals surface area contributed by atoms with Gasteiger partial charge in [-0.1, -0.05) is 39.8 Å². The Morgan fingerprint density at radius 3 is 2.42 bits per heavy atom. The molecule has 1 atom stereocenters. The van der Waals surface area contributed by atoms with Crippen LogP contribution in [0.15, 0.2) is 30.5 Å². The molecule has 1 aromatic carbocycles. The number of piperazine rings is 1. The summed E-state index contributed by atoms with van der Waals surface area (Å²) >= 11 is 0. The lowest BCUT2D eigenvalue weighted by Gasteiger charge is -2.34. The van der Waals surface area contributed by atoms with E-state index in [0.717, 1.165) is 57.7 Å². The third-order valence-corrected chi connectivity index (χ3v) is 6.78. The van der Waals surface area contributed by atoms with Crippen molar-refractivity contribution in [3.63, 3.8) is 0 Å². The second kappa shape index (κ2) is 9.13. The number of hydrogen-bond donors (Lipinski definition) is 1. The van der Waals surface area contributed by atoms with Crippen LogP contribution in [-0.4, -0.2) is 64.8 Å². The molecule has 1 aromatic heterocycles. The van der Waals surface area contributed by atoms with Crippen LogP contribution in [0.5, 0.6) is 0 Å². The fraction of sp³-hybridized carbons (Fsp3) is 0.600. The van der Waals surface area contributed by atoms with Crippen LogP contribution in [0.4, 0.5) is 0 Å². The summed E-state index contributed by atoms with van der Waals surface area (Å²) in [5, 5.41) is 7.99. The summed E-state index contributed by atoms with van der Waals surface area (Å²) in [6, 6.07) is 8.78. The number of benzene rings is 1. The van der Waals surface area contributed by atoms with Gasteiger partial charge in [-0.25, -0.2) is 4.68 Å². The quantitative estimate of drug-likeness (QED) is 0.802. The lowest BCUT2D eigenvalue weighted by Crippen LogP contribution is -2.49. The van der Waals surface area contributed by atoms with Crippen LogP contribution in [0.1, 0.15) is 63.4 Å². The van der Waals surface area contributed by atoms with Gasteiger partial charge in [0.25, 0.3) is 0 Å². The number of carbonyl (C=O) groups is 1. The second-order valence-electron chi connectivity index (χ2n) is 9.98. The Morgan fingerprint density at radius 1 is 1.10 bits per heavy atom. The molecule has 6 heteroatoms. The molecule has 6 nitrogen and oxygen atoms in total. The van der Waals surface area contributed by atoms with E-state index in [1.807, 2.05) is 6.20 Å². The number of aromatic nitrogens is 2. The maximum atomic E-state index is 12.8. The minimum atomic E-state index is 0.0655. The van der Waals surface area contributed by atoms with E-state index in [4.69, 9.17) is 5.10 Å². The summed E-state index contributed by atoms with van der Waals surface area (Å²) in [6.45, 7) is 14.5. The number of likely N-dealkylation sites (N-methyl/N-ethyl adjacent to an activating group) is 1. The topological polar surface area (TPSA) is 53.4 Å². The zero-order valence-electron chi connectivity index (χ0n) is 19.5. The smallest absolute Gasteiger partial charge is 0.234 e. The Kier molecular flexibility index (Phi) is 6.49. The zero-order valence-corrected chi connectivity index (χ0v) is 19.5. The number of fused-ring (bicyclic) bond motifs is 1.